The number of hydrogen-bond donors (Lipinski definition) is 0. The number of nitrogens with zero attached hydrogens (tertiary/aromatic N) is 5. The Morgan fingerprint density at radius 3 is 2.29 bits per heavy atom. The van der Waals surface area contributed by atoms with Crippen molar-refractivity contribution in [1.29, 1.82) is 21.0 Å². The van der Waals surface area contributed by atoms with Gasteiger partial charge in [0, 0.05) is 12.1 Å². The number of ether oxygens (including phenoxy) is 1. The van der Waals surface area contributed by atoms with Crippen LogP contribution < -0.4 is 0 Å². The molecule has 0 spiro atoms. The third-order valence-corrected chi connectivity index (χ3v) is 4.90. The molecule has 7 nitrogen and oxygen atoms in total. The summed E-state index contributed by atoms with van der Waals surface area (Å²) < 4.78 is 5.03. The van der Waals surface area contributed by atoms with Gasteiger partial charge in [0.2, 0.25) is 5.41 Å². The van der Waals surface area contributed by atoms with E-state index in [4.69, 9.17) is 4.74 Å². The highest BCUT2D eigenvalue weighted by Crippen LogP contribution is 2.60. The van der Waals surface area contributed by atoms with Crippen LogP contribution in [0.25, 0.3) is 0 Å². The van der Waals surface area contributed by atoms with E-state index in [1.165, 1.54) is 19.2 Å². The van der Waals surface area contributed by atoms with Crippen LogP contribution in [-0.4, -0.2) is 23.1 Å². The molecule has 0 saturated heterocycles. The first-order valence-electron chi connectivity index (χ1n) is 7.33. The third kappa shape index (κ3) is 1.65. The minimum absolute atomic E-state index is 0.110. The highest BCUT2D eigenvalue weighted by molar-refractivity contribution is 5.73. The molecule has 2 aliphatic heterocycles. The number of allylic oxidation sites excluding steroid dienone is 2. The zero-order chi connectivity index (χ0) is 18.2. The SMILES string of the molecule is CCOC(=O)N1C=CC2C(C)=CC1(C)C(C#N)(C#N)C2(C#N)C#N. The predicted molar refractivity (Wildman–Crippen MR) is 81.0 cm³/mol. The molecule has 0 fully saturated rings. The number of hydrogen-bond acceptors (Lipinski definition) is 6. The van der Waals surface area contributed by atoms with Crippen LogP contribution in [0.3, 0.4) is 0 Å². The van der Waals surface area contributed by atoms with Gasteiger partial charge in [-0.25, -0.2) is 4.79 Å². The van der Waals surface area contributed by atoms with E-state index in [0.29, 0.717) is 5.57 Å². The van der Waals surface area contributed by atoms with Crippen molar-refractivity contribution in [3.63, 3.8) is 0 Å². The minimum atomic E-state index is -2.08. The van der Waals surface area contributed by atoms with E-state index in [9.17, 15) is 25.8 Å². The van der Waals surface area contributed by atoms with Gasteiger partial charge in [-0.1, -0.05) is 17.7 Å². The first-order chi connectivity index (χ1) is 11.3. The van der Waals surface area contributed by atoms with Crippen molar-refractivity contribution in [2.75, 3.05) is 6.61 Å². The fourth-order valence-electron chi connectivity index (χ4n) is 3.69. The second-order valence-electron chi connectivity index (χ2n) is 5.93. The highest BCUT2D eigenvalue weighted by atomic mass is 16.6. The molecule has 0 aromatic heterocycles. The van der Waals surface area contributed by atoms with Crippen molar-refractivity contribution in [3.8, 4) is 24.3 Å². The maximum absolute atomic E-state index is 12.4. The molecular weight excluding hydrogens is 306 g/mol. The van der Waals surface area contributed by atoms with Crippen molar-refractivity contribution in [3.05, 3.63) is 23.9 Å². The van der Waals surface area contributed by atoms with E-state index in [-0.39, 0.29) is 6.61 Å². The van der Waals surface area contributed by atoms with Crippen LogP contribution in [0.4, 0.5) is 4.79 Å². The zero-order valence-electron chi connectivity index (χ0n) is 13.6. The summed E-state index contributed by atoms with van der Waals surface area (Å²) in [6.07, 6.45) is 3.77. The van der Waals surface area contributed by atoms with Gasteiger partial charge in [-0.2, -0.15) is 21.0 Å². The lowest BCUT2D eigenvalue weighted by atomic mass is 9.48. The maximum atomic E-state index is 12.4. The second kappa shape index (κ2) is 5.41. The van der Waals surface area contributed by atoms with Gasteiger partial charge >= 0.3 is 6.09 Å². The van der Waals surface area contributed by atoms with Crippen molar-refractivity contribution in [2.24, 2.45) is 16.7 Å². The Balaban J connectivity index is 2.91. The van der Waals surface area contributed by atoms with Gasteiger partial charge in [-0.15, -0.1) is 0 Å². The van der Waals surface area contributed by atoms with Gasteiger partial charge < -0.3 is 4.74 Å². The summed E-state index contributed by atoms with van der Waals surface area (Å²) in [4.78, 5) is 13.5. The lowest BCUT2D eigenvalue weighted by Gasteiger charge is -2.51. The molecule has 2 heterocycles. The average Bonchev–Trinajstić information content (AvgIpc) is 2.75. The molecule has 3 rings (SSSR count). The van der Waals surface area contributed by atoms with Gasteiger partial charge in [-0.3, -0.25) is 4.90 Å². The Bertz CT molecular complexity index is 786. The lowest BCUT2D eigenvalue weighted by molar-refractivity contribution is 0.0424. The molecule has 7 heteroatoms. The molecule has 0 aromatic carbocycles. The quantitative estimate of drug-likeness (QED) is 0.683. The Kier molecular flexibility index (Phi) is 3.85. The fourth-order valence-corrected chi connectivity index (χ4v) is 3.69. The molecular formula is C17H15N5O2. The highest BCUT2D eigenvalue weighted by Gasteiger charge is 2.72. The van der Waals surface area contributed by atoms with Crippen LogP contribution in [0.15, 0.2) is 23.9 Å². The van der Waals surface area contributed by atoms with Gasteiger partial charge in [0.25, 0.3) is 0 Å². The minimum Gasteiger partial charge on any atom is -0.449 e. The van der Waals surface area contributed by atoms with Crippen LogP contribution in [0.2, 0.25) is 0 Å². The van der Waals surface area contributed by atoms with Crippen molar-refractivity contribution in [2.45, 2.75) is 26.3 Å². The first-order valence-corrected chi connectivity index (χ1v) is 7.33. The van der Waals surface area contributed by atoms with Crippen molar-refractivity contribution < 1.29 is 9.53 Å². The molecule has 120 valence electrons. The fraction of sp³-hybridized carbons (Fsp3) is 0.471. The van der Waals surface area contributed by atoms with Gasteiger partial charge in [0.15, 0.2) is 5.41 Å². The van der Waals surface area contributed by atoms with Crippen LogP contribution in [0.1, 0.15) is 20.8 Å². The predicted octanol–water partition coefficient (Wildman–Crippen LogP) is 2.37. The van der Waals surface area contributed by atoms with Crippen molar-refractivity contribution >= 4 is 6.09 Å². The Morgan fingerprint density at radius 2 is 1.83 bits per heavy atom. The normalized spacial score (nSPS) is 28.4. The summed E-state index contributed by atoms with van der Waals surface area (Å²) in [5, 5.41) is 39.3. The van der Waals surface area contributed by atoms with Gasteiger partial charge in [-0.05, 0) is 20.8 Å². The largest absolute Gasteiger partial charge is 0.449 e. The molecule has 1 amide bonds. The lowest BCUT2D eigenvalue weighted by Crippen LogP contribution is -2.64. The number of rotatable bonds is 1. The van der Waals surface area contributed by atoms with Crippen LogP contribution in [-0.2, 0) is 4.74 Å². The molecule has 0 saturated carbocycles. The molecule has 2 bridgehead atoms. The van der Waals surface area contributed by atoms with E-state index in [1.807, 2.05) is 24.3 Å². The summed E-state index contributed by atoms with van der Waals surface area (Å²) in [5.74, 6) is -0.778. The first kappa shape index (κ1) is 17.1. The summed E-state index contributed by atoms with van der Waals surface area (Å²) >= 11 is 0. The molecule has 1 aliphatic carbocycles. The summed E-state index contributed by atoms with van der Waals surface area (Å²) in [7, 11) is 0. The van der Waals surface area contributed by atoms with Crippen LogP contribution in [0.5, 0.6) is 0 Å². The molecule has 2 unspecified atom stereocenters. The Hall–Kier alpha value is -3.29. The topological polar surface area (TPSA) is 125 Å². The van der Waals surface area contributed by atoms with Crippen LogP contribution >= 0.6 is 0 Å². The Labute approximate surface area is 140 Å². The number of carbonyl (C=O) groups is 1. The molecule has 24 heavy (non-hydrogen) atoms. The second-order valence-corrected chi connectivity index (χ2v) is 5.93. The molecule has 3 aliphatic rings. The zero-order valence-corrected chi connectivity index (χ0v) is 13.6. The molecule has 0 N–H and O–H groups in total. The molecule has 2 atom stereocenters. The van der Waals surface area contributed by atoms with Crippen LogP contribution in [0, 0.1) is 62.1 Å². The smallest absolute Gasteiger partial charge is 0.414 e. The monoisotopic (exact) mass is 321 g/mol. The maximum Gasteiger partial charge on any atom is 0.414 e. The number of amides is 1. The summed E-state index contributed by atoms with van der Waals surface area (Å²) in [6.45, 7) is 4.95. The van der Waals surface area contributed by atoms with E-state index < -0.39 is 28.4 Å². The van der Waals surface area contributed by atoms with E-state index >= 15 is 0 Å². The van der Waals surface area contributed by atoms with E-state index in [2.05, 4.69) is 0 Å². The summed E-state index contributed by atoms with van der Waals surface area (Å²) in [5.41, 5.74) is -4.90. The average molecular weight is 321 g/mol. The van der Waals surface area contributed by atoms with E-state index in [1.54, 1.807) is 19.9 Å². The van der Waals surface area contributed by atoms with Gasteiger partial charge in [0.05, 0.1) is 30.9 Å². The number of carbonyl (C=O) groups excluding carboxylic acids is 1. The van der Waals surface area contributed by atoms with Gasteiger partial charge in [0.1, 0.15) is 5.54 Å². The number of nitriles is 4. The molecule has 0 aromatic rings. The molecule has 0 radical (unpaired) electrons. The standard InChI is InChI=1S/C17H15N5O2/c1-4-24-14(23)22-6-5-13-12(2)7-15(22,3)17(10-20,11-21)16(13,8-18)9-19/h5-7,13H,4H2,1-3H3. The number of fused-ring (bicyclic) bond motifs is 2. The van der Waals surface area contributed by atoms with E-state index in [0.717, 1.165) is 4.90 Å². The third-order valence-electron chi connectivity index (χ3n) is 4.90. The summed E-state index contributed by atoms with van der Waals surface area (Å²) in [6, 6.07) is 7.56. The Morgan fingerprint density at radius 1 is 1.25 bits per heavy atom. The van der Waals surface area contributed by atoms with Crippen molar-refractivity contribution in [1.82, 2.24) is 4.90 Å².